The maximum absolute atomic E-state index is 3.84. The van der Waals surface area contributed by atoms with Crippen molar-refractivity contribution in [3.05, 3.63) is 45.6 Å². The molecular weight excluding hydrogens is 308 g/mol. The lowest BCUT2D eigenvalue weighted by molar-refractivity contribution is 1.03. The quantitative estimate of drug-likeness (QED) is 0.803. The van der Waals surface area contributed by atoms with Crippen molar-refractivity contribution in [3.8, 4) is 11.1 Å². The molecule has 2 aromatic rings. The molecule has 0 N–H and O–H groups in total. The molecule has 4 heteroatoms. The molecule has 1 aromatic heterocycles. The summed E-state index contributed by atoms with van der Waals surface area (Å²) < 4.78 is 2.08. The van der Waals surface area contributed by atoms with E-state index in [2.05, 4.69) is 42.1 Å². The normalized spacial score (nSPS) is 10.1. The molecular formula is C10H6Br2N2. The second-order valence-electron chi connectivity index (χ2n) is 2.79. The number of halogens is 2. The number of nitrogens with zero attached hydrogens (tertiary/aromatic N) is 2. The monoisotopic (exact) mass is 312 g/mol. The third kappa shape index (κ3) is 2.19. The third-order valence-corrected chi connectivity index (χ3v) is 2.70. The Morgan fingerprint density at radius 2 is 1.57 bits per heavy atom. The summed E-state index contributed by atoms with van der Waals surface area (Å²) in [6.07, 6.45) is 3.43. The summed E-state index contributed by atoms with van der Waals surface area (Å²) in [6.45, 7) is 0. The minimum absolute atomic E-state index is 1.04. The highest BCUT2D eigenvalue weighted by Crippen LogP contribution is 2.26. The maximum atomic E-state index is 3.84. The molecule has 14 heavy (non-hydrogen) atoms. The fraction of sp³-hybridized carbons (Fsp3) is 0. The summed E-state index contributed by atoms with van der Waals surface area (Å²) in [4.78, 5) is 0. The van der Waals surface area contributed by atoms with Gasteiger partial charge in [0.15, 0.2) is 0 Å². The van der Waals surface area contributed by atoms with Crippen LogP contribution in [0.3, 0.4) is 0 Å². The highest BCUT2D eigenvalue weighted by molar-refractivity contribution is 9.11. The highest BCUT2D eigenvalue weighted by Gasteiger charge is 2.00. The summed E-state index contributed by atoms with van der Waals surface area (Å²) in [5.74, 6) is 0. The number of aromatic nitrogens is 2. The minimum Gasteiger partial charge on any atom is -0.159 e. The number of rotatable bonds is 1. The van der Waals surface area contributed by atoms with Gasteiger partial charge in [0.2, 0.25) is 0 Å². The van der Waals surface area contributed by atoms with Crippen LogP contribution in [0, 0.1) is 0 Å². The lowest BCUT2D eigenvalue weighted by atomic mass is 10.1. The molecule has 0 saturated carbocycles. The van der Waals surface area contributed by atoms with Crippen molar-refractivity contribution in [1.29, 1.82) is 0 Å². The molecule has 0 bridgehead atoms. The molecule has 0 spiro atoms. The molecule has 0 unspecified atom stereocenters. The molecule has 1 heterocycles. The molecule has 2 rings (SSSR count). The molecule has 0 atom stereocenters. The van der Waals surface area contributed by atoms with Gasteiger partial charge in [-0.1, -0.05) is 31.9 Å². The van der Waals surface area contributed by atoms with Gasteiger partial charge in [0.1, 0.15) is 0 Å². The Labute approximate surface area is 98.6 Å². The van der Waals surface area contributed by atoms with Crippen LogP contribution in [0.1, 0.15) is 0 Å². The van der Waals surface area contributed by atoms with Crippen molar-refractivity contribution in [2.45, 2.75) is 0 Å². The van der Waals surface area contributed by atoms with Crippen molar-refractivity contribution in [2.75, 3.05) is 0 Å². The fourth-order valence-corrected chi connectivity index (χ4v) is 2.48. The van der Waals surface area contributed by atoms with Gasteiger partial charge < -0.3 is 0 Å². The first kappa shape index (κ1) is 9.80. The minimum atomic E-state index is 1.04. The van der Waals surface area contributed by atoms with Gasteiger partial charge in [-0.25, -0.2) is 0 Å². The zero-order chi connectivity index (χ0) is 9.97. The molecule has 2 nitrogen and oxygen atoms in total. The van der Waals surface area contributed by atoms with E-state index in [0.717, 1.165) is 20.1 Å². The predicted molar refractivity (Wildman–Crippen MR) is 62.9 cm³/mol. The average molecular weight is 314 g/mol. The van der Waals surface area contributed by atoms with Crippen LogP contribution in [0.4, 0.5) is 0 Å². The number of hydrogen-bond acceptors (Lipinski definition) is 2. The van der Waals surface area contributed by atoms with E-state index in [-0.39, 0.29) is 0 Å². The van der Waals surface area contributed by atoms with E-state index in [1.807, 2.05) is 24.3 Å². The van der Waals surface area contributed by atoms with Gasteiger partial charge >= 0.3 is 0 Å². The molecule has 0 aliphatic heterocycles. The van der Waals surface area contributed by atoms with Gasteiger partial charge in [-0.05, 0) is 29.8 Å². The van der Waals surface area contributed by atoms with Crippen LogP contribution >= 0.6 is 31.9 Å². The Morgan fingerprint density at radius 3 is 2.14 bits per heavy atom. The molecule has 0 saturated heterocycles. The molecule has 0 aliphatic rings. The van der Waals surface area contributed by atoms with Crippen LogP contribution in [0.5, 0.6) is 0 Å². The van der Waals surface area contributed by atoms with E-state index in [9.17, 15) is 0 Å². The van der Waals surface area contributed by atoms with Crippen LogP contribution in [0.15, 0.2) is 45.6 Å². The maximum Gasteiger partial charge on any atom is 0.0574 e. The van der Waals surface area contributed by atoms with Gasteiger partial charge in [0, 0.05) is 14.5 Å². The van der Waals surface area contributed by atoms with E-state index < -0.39 is 0 Å². The molecule has 0 radical (unpaired) electrons. The third-order valence-electron chi connectivity index (χ3n) is 1.78. The zero-order valence-corrected chi connectivity index (χ0v) is 10.3. The van der Waals surface area contributed by atoms with Crippen molar-refractivity contribution in [3.63, 3.8) is 0 Å². The van der Waals surface area contributed by atoms with E-state index in [1.54, 1.807) is 12.4 Å². The largest absolute Gasteiger partial charge is 0.159 e. The Kier molecular flexibility index (Phi) is 2.93. The van der Waals surface area contributed by atoms with Crippen LogP contribution in [0.2, 0.25) is 0 Å². The van der Waals surface area contributed by atoms with Crippen LogP contribution < -0.4 is 0 Å². The first-order chi connectivity index (χ1) is 6.75. The van der Waals surface area contributed by atoms with Gasteiger partial charge in [-0.3, -0.25) is 0 Å². The van der Waals surface area contributed by atoms with Crippen molar-refractivity contribution >= 4 is 31.9 Å². The zero-order valence-electron chi connectivity index (χ0n) is 7.11. The fourth-order valence-electron chi connectivity index (χ4n) is 1.18. The second-order valence-corrected chi connectivity index (χ2v) is 4.62. The Morgan fingerprint density at radius 1 is 0.857 bits per heavy atom. The summed E-state index contributed by atoms with van der Waals surface area (Å²) in [6, 6.07) is 8.02. The second kappa shape index (κ2) is 4.19. The summed E-state index contributed by atoms with van der Waals surface area (Å²) in [5.41, 5.74) is 2.17. The van der Waals surface area contributed by atoms with Crippen LogP contribution in [-0.4, -0.2) is 10.2 Å². The molecule has 1 aromatic carbocycles. The van der Waals surface area contributed by atoms with Gasteiger partial charge in [-0.2, -0.15) is 10.2 Å². The van der Waals surface area contributed by atoms with Crippen LogP contribution in [-0.2, 0) is 0 Å². The average Bonchev–Trinajstić information content (AvgIpc) is 2.18. The topological polar surface area (TPSA) is 25.8 Å². The summed E-state index contributed by atoms with van der Waals surface area (Å²) in [7, 11) is 0. The summed E-state index contributed by atoms with van der Waals surface area (Å²) >= 11 is 6.89. The summed E-state index contributed by atoms with van der Waals surface area (Å²) in [5, 5.41) is 7.58. The van der Waals surface area contributed by atoms with Crippen molar-refractivity contribution in [1.82, 2.24) is 10.2 Å². The van der Waals surface area contributed by atoms with E-state index in [4.69, 9.17) is 0 Å². The first-order valence-corrected chi connectivity index (χ1v) is 5.57. The standard InChI is InChI=1S/C10H6Br2N2/c11-9-3-8(4-10(12)5-9)7-1-2-13-14-6-7/h1-6H. The van der Waals surface area contributed by atoms with E-state index >= 15 is 0 Å². The van der Waals surface area contributed by atoms with Gasteiger partial charge in [-0.15, -0.1) is 0 Å². The molecule has 0 fully saturated rings. The number of hydrogen-bond donors (Lipinski definition) is 0. The predicted octanol–water partition coefficient (Wildman–Crippen LogP) is 3.67. The van der Waals surface area contributed by atoms with Crippen molar-refractivity contribution < 1.29 is 0 Å². The molecule has 0 amide bonds. The van der Waals surface area contributed by atoms with E-state index in [0.29, 0.717) is 0 Å². The molecule has 70 valence electrons. The van der Waals surface area contributed by atoms with Crippen molar-refractivity contribution in [2.24, 2.45) is 0 Å². The van der Waals surface area contributed by atoms with Crippen LogP contribution in [0.25, 0.3) is 11.1 Å². The number of benzene rings is 1. The SMILES string of the molecule is Brc1cc(Br)cc(-c2ccnnc2)c1. The lowest BCUT2D eigenvalue weighted by Crippen LogP contribution is -1.82. The van der Waals surface area contributed by atoms with Gasteiger partial charge in [0.05, 0.1) is 12.4 Å². The Balaban J connectivity index is 2.52. The van der Waals surface area contributed by atoms with Gasteiger partial charge in [0.25, 0.3) is 0 Å². The Bertz CT molecular complexity index is 423. The smallest absolute Gasteiger partial charge is 0.0574 e. The van der Waals surface area contributed by atoms with E-state index in [1.165, 1.54) is 0 Å². The first-order valence-electron chi connectivity index (χ1n) is 3.99. The Hall–Kier alpha value is -0.740. The highest BCUT2D eigenvalue weighted by atomic mass is 79.9. The lowest BCUT2D eigenvalue weighted by Gasteiger charge is -2.02. The molecule has 0 aliphatic carbocycles.